The van der Waals surface area contributed by atoms with Crippen LogP contribution in [0.15, 0.2) is 53.8 Å². The summed E-state index contributed by atoms with van der Waals surface area (Å²) in [5.74, 6) is 0.0250. The predicted octanol–water partition coefficient (Wildman–Crippen LogP) is 1.58. The van der Waals surface area contributed by atoms with E-state index >= 15 is 0 Å². The Bertz CT molecular complexity index is 1060. The smallest absolute Gasteiger partial charge is 0.246 e. The number of hydrogen-bond acceptors (Lipinski definition) is 4. The van der Waals surface area contributed by atoms with Gasteiger partial charge in [0.25, 0.3) is 0 Å². The third-order valence-electron chi connectivity index (χ3n) is 5.17. The summed E-state index contributed by atoms with van der Waals surface area (Å²) in [6.45, 7) is 1.61. The lowest BCUT2D eigenvalue weighted by Crippen LogP contribution is -2.44. The first kappa shape index (κ1) is 18.7. The molecular formula is C19H23N5O3S. The summed E-state index contributed by atoms with van der Waals surface area (Å²) in [5, 5.41) is 10.3. The Morgan fingerprint density at radius 3 is 2.96 bits per heavy atom. The number of H-pyrrole nitrogens is 1. The van der Waals surface area contributed by atoms with Crippen LogP contribution >= 0.6 is 0 Å². The first-order chi connectivity index (χ1) is 13.5. The van der Waals surface area contributed by atoms with Gasteiger partial charge < -0.3 is 9.88 Å². The van der Waals surface area contributed by atoms with Crippen molar-refractivity contribution >= 4 is 26.8 Å². The van der Waals surface area contributed by atoms with Crippen LogP contribution in [-0.2, 0) is 21.4 Å². The van der Waals surface area contributed by atoms with Crippen LogP contribution in [0.25, 0.3) is 10.9 Å². The van der Waals surface area contributed by atoms with E-state index in [-0.39, 0.29) is 23.3 Å². The van der Waals surface area contributed by atoms with Gasteiger partial charge in [0, 0.05) is 37.5 Å². The molecular weight excluding hydrogens is 378 g/mol. The molecule has 2 aromatic heterocycles. The van der Waals surface area contributed by atoms with Crippen molar-refractivity contribution < 1.29 is 13.2 Å². The van der Waals surface area contributed by atoms with Gasteiger partial charge >= 0.3 is 0 Å². The monoisotopic (exact) mass is 401 g/mol. The van der Waals surface area contributed by atoms with Crippen molar-refractivity contribution in [2.75, 3.05) is 19.6 Å². The van der Waals surface area contributed by atoms with Gasteiger partial charge in [-0.25, -0.2) is 8.42 Å². The number of benzene rings is 1. The molecule has 1 aliphatic heterocycles. The molecule has 0 aliphatic carbocycles. The molecule has 1 amide bonds. The quantitative estimate of drug-likeness (QED) is 0.655. The fraction of sp³-hybridized carbons (Fsp3) is 0.368. The fourth-order valence-electron chi connectivity index (χ4n) is 3.69. The molecule has 0 radical (unpaired) electrons. The van der Waals surface area contributed by atoms with Gasteiger partial charge in [0.1, 0.15) is 11.4 Å². The van der Waals surface area contributed by atoms with Crippen LogP contribution in [0.1, 0.15) is 12.8 Å². The van der Waals surface area contributed by atoms with E-state index in [1.54, 1.807) is 0 Å². The van der Waals surface area contributed by atoms with Crippen molar-refractivity contribution in [2.45, 2.75) is 24.3 Å². The van der Waals surface area contributed by atoms with Crippen LogP contribution in [0.4, 0.5) is 0 Å². The molecule has 0 bridgehead atoms. The van der Waals surface area contributed by atoms with Crippen LogP contribution < -0.4 is 5.32 Å². The van der Waals surface area contributed by atoms with Crippen molar-refractivity contribution in [3.8, 4) is 0 Å². The van der Waals surface area contributed by atoms with Gasteiger partial charge in [-0.2, -0.15) is 9.40 Å². The molecule has 1 fully saturated rings. The maximum atomic E-state index is 12.6. The lowest BCUT2D eigenvalue weighted by atomic mass is 10.00. The highest BCUT2D eigenvalue weighted by Crippen LogP contribution is 2.23. The molecule has 28 heavy (non-hydrogen) atoms. The van der Waals surface area contributed by atoms with E-state index < -0.39 is 10.0 Å². The molecule has 3 aromatic rings. The number of carbonyl (C=O) groups excluding carboxylic acids is 1. The molecule has 1 atom stereocenters. The summed E-state index contributed by atoms with van der Waals surface area (Å²) in [5.41, 5.74) is 1.02. The van der Waals surface area contributed by atoms with Gasteiger partial charge in [-0.05, 0) is 36.3 Å². The molecule has 1 saturated heterocycles. The number of amides is 1. The van der Waals surface area contributed by atoms with Gasteiger partial charge in [0.15, 0.2) is 0 Å². The van der Waals surface area contributed by atoms with Crippen molar-refractivity contribution in [3.05, 3.63) is 48.9 Å². The van der Waals surface area contributed by atoms with Gasteiger partial charge in [-0.15, -0.1) is 0 Å². The first-order valence-corrected chi connectivity index (χ1v) is 10.8. The minimum Gasteiger partial charge on any atom is -0.354 e. The Morgan fingerprint density at radius 1 is 1.29 bits per heavy atom. The van der Waals surface area contributed by atoms with E-state index in [0.717, 1.165) is 23.7 Å². The molecule has 1 aliphatic rings. The second-order valence-electron chi connectivity index (χ2n) is 7.11. The SMILES string of the molecule is O=C(Cn1ccc2ccccc21)NCC1CCCN(S(=O)(=O)c2cn[nH]c2)C1. The molecule has 2 N–H and O–H groups in total. The number of sulfonamides is 1. The number of carbonyl (C=O) groups is 1. The van der Waals surface area contributed by atoms with Gasteiger partial charge in [-0.3, -0.25) is 9.89 Å². The maximum absolute atomic E-state index is 12.6. The Labute approximate surface area is 163 Å². The van der Waals surface area contributed by atoms with E-state index in [4.69, 9.17) is 0 Å². The summed E-state index contributed by atoms with van der Waals surface area (Å²) < 4.78 is 28.7. The van der Waals surface area contributed by atoms with Crippen molar-refractivity contribution in [2.24, 2.45) is 5.92 Å². The summed E-state index contributed by atoms with van der Waals surface area (Å²) in [4.78, 5) is 12.6. The van der Waals surface area contributed by atoms with E-state index in [1.165, 1.54) is 16.7 Å². The number of rotatable bonds is 6. The molecule has 1 aromatic carbocycles. The summed E-state index contributed by atoms with van der Waals surface area (Å²) in [6.07, 6.45) is 6.29. The Morgan fingerprint density at radius 2 is 2.14 bits per heavy atom. The van der Waals surface area contributed by atoms with Gasteiger partial charge in [0.05, 0.1) is 6.20 Å². The zero-order valence-corrected chi connectivity index (χ0v) is 16.2. The van der Waals surface area contributed by atoms with Crippen LogP contribution in [0.3, 0.4) is 0 Å². The maximum Gasteiger partial charge on any atom is 0.246 e. The average molecular weight is 401 g/mol. The largest absolute Gasteiger partial charge is 0.354 e. The summed E-state index contributed by atoms with van der Waals surface area (Å²) in [7, 11) is -3.53. The second-order valence-corrected chi connectivity index (χ2v) is 9.05. The number of nitrogens with zero attached hydrogens (tertiary/aromatic N) is 3. The summed E-state index contributed by atoms with van der Waals surface area (Å²) in [6, 6.07) is 9.92. The normalized spacial score (nSPS) is 18.4. The third kappa shape index (κ3) is 3.81. The molecule has 9 heteroatoms. The Balaban J connectivity index is 1.34. The highest BCUT2D eigenvalue weighted by Gasteiger charge is 2.30. The second kappa shape index (κ2) is 7.76. The standard InChI is InChI=1S/C19H23N5O3S/c25-19(14-23-9-7-16-5-1-2-6-18(16)23)20-10-15-4-3-8-24(13-15)28(26,27)17-11-21-22-12-17/h1-2,5-7,9,11-12,15H,3-4,8,10,13-14H2,(H,20,25)(H,21,22). The van der Waals surface area contributed by atoms with Crippen LogP contribution in [0.2, 0.25) is 0 Å². The van der Waals surface area contributed by atoms with E-state index in [0.29, 0.717) is 19.6 Å². The number of nitrogens with one attached hydrogen (secondary N) is 2. The number of piperidine rings is 1. The van der Waals surface area contributed by atoms with Crippen LogP contribution in [-0.4, -0.2) is 53.0 Å². The van der Waals surface area contributed by atoms with Gasteiger partial charge in [-0.1, -0.05) is 18.2 Å². The molecule has 0 spiro atoms. The number of aromatic amines is 1. The molecule has 148 valence electrons. The lowest BCUT2D eigenvalue weighted by Gasteiger charge is -2.31. The van der Waals surface area contributed by atoms with Crippen molar-refractivity contribution in [1.82, 2.24) is 24.4 Å². The molecule has 1 unspecified atom stereocenters. The zero-order chi connectivity index (χ0) is 19.6. The molecule has 4 rings (SSSR count). The van der Waals surface area contributed by atoms with E-state index in [2.05, 4.69) is 15.5 Å². The van der Waals surface area contributed by atoms with E-state index in [9.17, 15) is 13.2 Å². The molecule has 8 nitrogen and oxygen atoms in total. The molecule has 3 heterocycles. The highest BCUT2D eigenvalue weighted by molar-refractivity contribution is 7.89. The minimum absolute atomic E-state index is 0.0730. The number of para-hydroxylation sites is 1. The Hall–Kier alpha value is -2.65. The number of aromatic nitrogens is 3. The minimum atomic E-state index is -3.53. The molecule has 0 saturated carbocycles. The van der Waals surface area contributed by atoms with Crippen molar-refractivity contribution in [1.29, 1.82) is 0 Å². The van der Waals surface area contributed by atoms with Crippen molar-refractivity contribution in [3.63, 3.8) is 0 Å². The average Bonchev–Trinajstić information content (AvgIpc) is 3.38. The topological polar surface area (TPSA) is 100 Å². The predicted molar refractivity (Wildman–Crippen MR) is 105 cm³/mol. The number of hydrogen-bond donors (Lipinski definition) is 2. The zero-order valence-electron chi connectivity index (χ0n) is 15.4. The van der Waals surface area contributed by atoms with Crippen LogP contribution in [0.5, 0.6) is 0 Å². The highest BCUT2D eigenvalue weighted by atomic mass is 32.2. The third-order valence-corrected chi connectivity index (χ3v) is 7.01. The number of fused-ring (bicyclic) bond motifs is 1. The summed E-state index contributed by atoms with van der Waals surface area (Å²) >= 11 is 0. The fourth-order valence-corrected chi connectivity index (χ4v) is 5.15. The van der Waals surface area contributed by atoms with Gasteiger partial charge in [0.2, 0.25) is 15.9 Å². The Kier molecular flexibility index (Phi) is 5.19. The lowest BCUT2D eigenvalue weighted by molar-refractivity contribution is -0.121. The first-order valence-electron chi connectivity index (χ1n) is 9.33. The van der Waals surface area contributed by atoms with Crippen LogP contribution in [0, 0.1) is 5.92 Å². The van der Waals surface area contributed by atoms with E-state index in [1.807, 2.05) is 41.1 Å².